The molecule has 0 heterocycles. The second-order valence-electron chi connectivity index (χ2n) is 1.23. The first kappa shape index (κ1) is 8.07. The summed E-state index contributed by atoms with van der Waals surface area (Å²) >= 11 is 0. The summed E-state index contributed by atoms with van der Waals surface area (Å²) in [5.41, 5.74) is 9.64. The van der Waals surface area contributed by atoms with Gasteiger partial charge in [-0.3, -0.25) is 20.4 Å². The van der Waals surface area contributed by atoms with Crippen LogP contribution in [0.15, 0.2) is 0 Å². The van der Waals surface area contributed by atoms with Crippen LogP contribution in [0.5, 0.6) is 0 Å². The first-order chi connectivity index (χ1) is 3.56. The van der Waals surface area contributed by atoms with Gasteiger partial charge in [-0.05, 0) is 6.92 Å². The van der Waals surface area contributed by atoms with E-state index in [1.165, 1.54) is 0 Å². The maximum atomic E-state index is 10.3. The average molecular weight is 139 g/mol. The fraction of sp³-hybridized carbons (Fsp3) is 1.00. The van der Waals surface area contributed by atoms with E-state index >= 15 is 0 Å². The van der Waals surface area contributed by atoms with Crippen molar-refractivity contribution in [3.05, 3.63) is 0 Å². The molecule has 50 valence electrons. The maximum absolute atomic E-state index is 10.3. The fourth-order valence-corrected chi connectivity index (χ4v) is 0.496. The smallest absolute Gasteiger partial charge is 0.294 e. The second kappa shape index (κ2) is 3.17. The highest BCUT2D eigenvalue weighted by molar-refractivity contribution is 7.56. The largest absolute Gasteiger partial charge is 0.296 e. The molecule has 0 aliphatic heterocycles. The first-order valence-electron chi connectivity index (χ1n) is 2.12. The Kier molecular flexibility index (Phi) is 3.19. The normalized spacial score (nSPS) is 11.9. The van der Waals surface area contributed by atoms with Crippen LogP contribution in [0, 0.1) is 0 Å². The Morgan fingerprint density at radius 2 is 2.25 bits per heavy atom. The molecule has 0 aliphatic carbocycles. The highest BCUT2D eigenvalue weighted by Gasteiger charge is 2.04. The van der Waals surface area contributed by atoms with E-state index < -0.39 is 7.59 Å². The van der Waals surface area contributed by atoms with Crippen molar-refractivity contribution in [3.63, 3.8) is 0 Å². The summed E-state index contributed by atoms with van der Waals surface area (Å²) in [7, 11) is -3.15. The quantitative estimate of drug-likeness (QED) is 0.364. The Hall–Kier alpha value is 0.0700. The van der Waals surface area contributed by atoms with Gasteiger partial charge in [0.15, 0.2) is 0 Å². The molecule has 0 rings (SSSR count). The topological polar surface area (TPSA) is 90.4 Å². The predicted octanol–water partition coefficient (Wildman–Crippen LogP) is -0.447. The second-order valence-corrected chi connectivity index (χ2v) is 2.84. The van der Waals surface area contributed by atoms with Gasteiger partial charge in [-0.15, -0.1) is 5.25 Å². The Morgan fingerprint density at radius 3 is 2.38 bits per heavy atom. The van der Waals surface area contributed by atoms with E-state index in [-0.39, 0.29) is 0 Å². The standard InChI is InChI=1S/C2H10N3O2P/c1-2-7-5-8(3,4)6/h2H2,1H3,(H5,3,4,5,6). The number of hydrogen-bond acceptors (Lipinski definition) is 2. The summed E-state index contributed by atoms with van der Waals surface area (Å²) in [6.07, 6.45) is 0. The maximum Gasteiger partial charge on any atom is 0.296 e. The van der Waals surface area contributed by atoms with Crippen molar-refractivity contribution in [2.75, 3.05) is 6.61 Å². The van der Waals surface area contributed by atoms with Crippen LogP contribution in [-0.4, -0.2) is 6.61 Å². The lowest BCUT2D eigenvalue weighted by Gasteiger charge is -2.05. The van der Waals surface area contributed by atoms with E-state index in [1.807, 2.05) is 5.25 Å². The molecular formula is C2H10N3O2P. The lowest BCUT2D eigenvalue weighted by atomic mass is 10.9. The van der Waals surface area contributed by atoms with Gasteiger partial charge >= 0.3 is 0 Å². The van der Waals surface area contributed by atoms with Crippen molar-refractivity contribution in [2.45, 2.75) is 6.92 Å². The van der Waals surface area contributed by atoms with E-state index in [4.69, 9.17) is 11.0 Å². The SMILES string of the molecule is CCONP(N)(N)=O. The molecule has 0 aromatic heterocycles. The third-order valence-electron chi connectivity index (χ3n) is 0.352. The Labute approximate surface area is 47.9 Å². The highest BCUT2D eigenvalue weighted by Crippen LogP contribution is 2.15. The minimum absolute atomic E-state index is 0.387. The minimum atomic E-state index is -3.15. The third-order valence-corrected chi connectivity index (χ3v) is 0.766. The van der Waals surface area contributed by atoms with Crippen molar-refractivity contribution in [3.8, 4) is 0 Å². The van der Waals surface area contributed by atoms with Crippen LogP contribution in [0.3, 0.4) is 0 Å². The fourth-order valence-electron chi connectivity index (χ4n) is 0.165. The molecule has 0 radical (unpaired) electrons. The van der Waals surface area contributed by atoms with Crippen LogP contribution in [0.25, 0.3) is 0 Å². The Bertz CT molecular complexity index is 99.5. The zero-order valence-electron chi connectivity index (χ0n) is 4.63. The summed E-state index contributed by atoms with van der Waals surface area (Å²) < 4.78 is 10.3. The molecule has 6 heteroatoms. The number of rotatable bonds is 3. The van der Waals surface area contributed by atoms with Gasteiger partial charge in [0, 0.05) is 0 Å². The lowest BCUT2D eigenvalue weighted by molar-refractivity contribution is 0.103. The molecule has 5 nitrogen and oxygen atoms in total. The zero-order chi connectivity index (χ0) is 6.62. The third kappa shape index (κ3) is 6.07. The van der Waals surface area contributed by atoms with Crippen molar-refractivity contribution in [1.29, 1.82) is 0 Å². The van der Waals surface area contributed by atoms with Crippen LogP contribution < -0.4 is 16.3 Å². The molecule has 0 atom stereocenters. The monoisotopic (exact) mass is 139 g/mol. The van der Waals surface area contributed by atoms with E-state index in [2.05, 4.69) is 4.84 Å². The summed E-state index contributed by atoms with van der Waals surface area (Å²) in [6.45, 7) is 2.11. The van der Waals surface area contributed by atoms with Crippen molar-refractivity contribution < 1.29 is 9.40 Å². The zero-order valence-corrected chi connectivity index (χ0v) is 5.52. The van der Waals surface area contributed by atoms with Crippen molar-refractivity contribution >= 4 is 7.59 Å². The molecule has 0 aromatic carbocycles. The highest BCUT2D eigenvalue weighted by atomic mass is 31.2. The molecule has 5 N–H and O–H groups in total. The van der Waals surface area contributed by atoms with E-state index in [1.54, 1.807) is 6.92 Å². The molecule has 0 fully saturated rings. The molecule has 0 bridgehead atoms. The van der Waals surface area contributed by atoms with Gasteiger partial charge in [-0.1, -0.05) is 0 Å². The van der Waals surface area contributed by atoms with E-state index in [9.17, 15) is 4.57 Å². The lowest BCUT2D eigenvalue weighted by Crippen LogP contribution is -2.22. The van der Waals surface area contributed by atoms with Crippen LogP contribution in [0.1, 0.15) is 6.92 Å². The average Bonchev–Trinajstić information content (AvgIpc) is 1.59. The van der Waals surface area contributed by atoms with Gasteiger partial charge < -0.3 is 0 Å². The van der Waals surface area contributed by atoms with Gasteiger partial charge in [-0.25, -0.2) is 0 Å². The van der Waals surface area contributed by atoms with E-state index in [0.29, 0.717) is 6.61 Å². The van der Waals surface area contributed by atoms with Crippen LogP contribution >= 0.6 is 7.59 Å². The van der Waals surface area contributed by atoms with Gasteiger partial charge in [0.05, 0.1) is 6.61 Å². The Balaban J connectivity index is 3.26. The predicted molar refractivity (Wildman–Crippen MR) is 30.7 cm³/mol. The van der Waals surface area contributed by atoms with Gasteiger partial charge in [0.2, 0.25) is 0 Å². The van der Waals surface area contributed by atoms with Gasteiger partial charge in [-0.2, -0.15) is 0 Å². The van der Waals surface area contributed by atoms with Gasteiger partial charge in [0.25, 0.3) is 7.59 Å². The molecule has 0 saturated carbocycles. The van der Waals surface area contributed by atoms with Crippen LogP contribution in [0.2, 0.25) is 0 Å². The first-order valence-corrected chi connectivity index (χ1v) is 3.97. The molecule has 0 amide bonds. The van der Waals surface area contributed by atoms with Crippen molar-refractivity contribution in [2.24, 2.45) is 11.0 Å². The molecule has 0 aromatic rings. The molecule has 0 spiro atoms. The van der Waals surface area contributed by atoms with Crippen LogP contribution in [0.4, 0.5) is 0 Å². The van der Waals surface area contributed by atoms with Crippen molar-refractivity contribution in [1.82, 2.24) is 5.25 Å². The number of nitrogens with one attached hydrogen (secondary N) is 1. The summed E-state index contributed by atoms with van der Waals surface area (Å²) in [4.78, 5) is 4.43. The number of hydrogen-bond donors (Lipinski definition) is 3. The number of nitrogens with two attached hydrogens (primary N) is 2. The molecular weight excluding hydrogens is 129 g/mol. The summed E-state index contributed by atoms with van der Waals surface area (Å²) in [5.74, 6) is 0. The van der Waals surface area contributed by atoms with Crippen LogP contribution in [-0.2, 0) is 9.40 Å². The van der Waals surface area contributed by atoms with E-state index in [0.717, 1.165) is 0 Å². The summed E-state index contributed by atoms with van der Waals surface area (Å²) in [5, 5.41) is 1.98. The molecule has 8 heavy (non-hydrogen) atoms. The minimum Gasteiger partial charge on any atom is -0.294 e. The molecule has 0 unspecified atom stereocenters. The molecule has 0 aliphatic rings. The summed E-state index contributed by atoms with van der Waals surface area (Å²) in [6, 6.07) is 0. The molecule has 0 saturated heterocycles. The van der Waals surface area contributed by atoms with Gasteiger partial charge in [0.1, 0.15) is 0 Å². The Morgan fingerprint density at radius 1 is 1.75 bits per heavy atom.